The van der Waals surface area contributed by atoms with E-state index in [0.29, 0.717) is 37.4 Å². The first kappa shape index (κ1) is 24.9. The molecular weight excluding hydrogens is 519 g/mol. The van der Waals surface area contributed by atoms with E-state index < -0.39 is 17.6 Å². The van der Waals surface area contributed by atoms with Crippen molar-refractivity contribution in [3.8, 4) is 11.4 Å². The third-order valence-electron chi connectivity index (χ3n) is 7.59. The van der Waals surface area contributed by atoms with Crippen LogP contribution in [0.1, 0.15) is 27.8 Å². The highest BCUT2D eigenvalue weighted by Crippen LogP contribution is 2.43. The van der Waals surface area contributed by atoms with Crippen LogP contribution in [0.25, 0.3) is 27.7 Å². The summed E-state index contributed by atoms with van der Waals surface area (Å²) in [5, 5.41) is 6.69. The fourth-order valence-corrected chi connectivity index (χ4v) is 5.75. The Hall–Kier alpha value is -5.08. The number of nitrogens with one attached hydrogen (secondary N) is 2. The van der Waals surface area contributed by atoms with Gasteiger partial charge in [0.15, 0.2) is 0 Å². The van der Waals surface area contributed by atoms with Crippen molar-refractivity contribution in [2.45, 2.75) is 19.5 Å². The van der Waals surface area contributed by atoms with Gasteiger partial charge >= 0.3 is 0 Å². The number of hydrogen-bond donors (Lipinski definition) is 2. The molecule has 4 heterocycles. The Morgan fingerprint density at radius 3 is 2.54 bits per heavy atom. The number of carbonyl (C=O) groups is 2. The van der Waals surface area contributed by atoms with Crippen molar-refractivity contribution in [2.24, 2.45) is 0 Å². The average Bonchev–Trinajstić information content (AvgIpc) is 3.70. The normalized spacial score (nSPS) is 14.5. The molecule has 8 heteroatoms. The lowest BCUT2D eigenvalue weighted by Crippen LogP contribution is -2.23. The first-order valence-electron chi connectivity index (χ1n) is 13.4. The SMILES string of the molecule is O=C1NC(=O)C(c2cn(-c3ccncc3)c3c(CNCc4ccccc4)cccc23)=C1c1c(F)ccc2c1OCC2. The standard InChI is InChI=1S/C33H25FN4O3/c34-26-10-9-21-13-16-41-31(21)28(26)29-27(32(39)37-33(29)40)25-19-38(23-11-14-35-15-12-23)30-22(7-4-8-24(25)30)18-36-17-20-5-2-1-3-6-20/h1-12,14-15,19,36H,13,16-18H2,(H,37,39,40). The summed E-state index contributed by atoms with van der Waals surface area (Å²) in [7, 11) is 0. The number of rotatable bonds is 7. The highest BCUT2D eigenvalue weighted by molar-refractivity contribution is 6.50. The molecule has 202 valence electrons. The number of para-hydroxylation sites is 1. The van der Waals surface area contributed by atoms with Crippen molar-refractivity contribution < 1.29 is 18.7 Å². The third-order valence-corrected chi connectivity index (χ3v) is 7.59. The van der Waals surface area contributed by atoms with Crippen molar-refractivity contribution in [1.82, 2.24) is 20.2 Å². The minimum atomic E-state index is -0.640. The van der Waals surface area contributed by atoms with E-state index in [9.17, 15) is 9.59 Å². The zero-order chi connectivity index (χ0) is 27.9. The van der Waals surface area contributed by atoms with E-state index in [-0.39, 0.29) is 16.7 Å². The number of hydrogen-bond acceptors (Lipinski definition) is 5. The molecule has 7 rings (SSSR count). The lowest BCUT2D eigenvalue weighted by Gasteiger charge is -2.11. The first-order valence-corrected chi connectivity index (χ1v) is 13.4. The molecule has 2 aromatic heterocycles. The molecule has 0 saturated carbocycles. The molecule has 0 unspecified atom stereocenters. The summed E-state index contributed by atoms with van der Waals surface area (Å²) in [6, 6.07) is 22.8. The Labute approximate surface area is 235 Å². The molecule has 7 nitrogen and oxygen atoms in total. The zero-order valence-corrected chi connectivity index (χ0v) is 22.0. The van der Waals surface area contributed by atoms with Gasteiger partial charge in [-0.1, -0.05) is 54.6 Å². The lowest BCUT2D eigenvalue weighted by atomic mass is 9.93. The molecule has 0 spiro atoms. The number of nitrogens with zero attached hydrogens (tertiary/aromatic N) is 2. The van der Waals surface area contributed by atoms with Gasteiger partial charge in [0.1, 0.15) is 11.6 Å². The van der Waals surface area contributed by atoms with Crippen molar-refractivity contribution in [3.05, 3.63) is 125 Å². The molecule has 41 heavy (non-hydrogen) atoms. The number of fused-ring (bicyclic) bond motifs is 2. The number of aromatic nitrogens is 2. The Balaban J connectivity index is 1.42. The van der Waals surface area contributed by atoms with Gasteiger partial charge in [-0.15, -0.1) is 0 Å². The predicted octanol–water partition coefficient (Wildman–Crippen LogP) is 4.96. The molecule has 2 aliphatic heterocycles. The van der Waals surface area contributed by atoms with Crippen molar-refractivity contribution in [1.29, 1.82) is 0 Å². The third kappa shape index (κ3) is 4.29. The van der Waals surface area contributed by atoms with E-state index in [0.717, 1.165) is 27.7 Å². The van der Waals surface area contributed by atoms with Gasteiger partial charge in [-0.3, -0.25) is 19.9 Å². The van der Waals surface area contributed by atoms with Crippen LogP contribution in [0.3, 0.4) is 0 Å². The van der Waals surface area contributed by atoms with Crippen LogP contribution in [-0.4, -0.2) is 28.0 Å². The van der Waals surface area contributed by atoms with Gasteiger partial charge < -0.3 is 14.6 Å². The summed E-state index contributed by atoms with van der Waals surface area (Å²) < 4.78 is 23.1. The van der Waals surface area contributed by atoms with Gasteiger partial charge in [0.25, 0.3) is 11.8 Å². The van der Waals surface area contributed by atoms with Crippen molar-refractivity contribution in [2.75, 3.05) is 6.61 Å². The molecule has 2 N–H and O–H groups in total. The quantitative estimate of drug-likeness (QED) is 0.283. The molecule has 0 saturated heterocycles. The molecule has 0 fully saturated rings. The second-order valence-electron chi connectivity index (χ2n) is 10.1. The molecule has 0 aliphatic carbocycles. The van der Waals surface area contributed by atoms with Crippen LogP contribution in [0.5, 0.6) is 5.75 Å². The van der Waals surface area contributed by atoms with Gasteiger partial charge in [0, 0.05) is 54.7 Å². The number of ether oxygens (including phenoxy) is 1. The van der Waals surface area contributed by atoms with E-state index in [4.69, 9.17) is 4.74 Å². The largest absolute Gasteiger partial charge is 0.492 e. The molecule has 3 aromatic carbocycles. The number of amides is 2. The highest BCUT2D eigenvalue weighted by Gasteiger charge is 2.38. The van der Waals surface area contributed by atoms with Crippen LogP contribution >= 0.6 is 0 Å². The first-order chi connectivity index (χ1) is 20.1. The molecule has 2 aliphatic rings. The molecule has 5 aromatic rings. The summed E-state index contributed by atoms with van der Waals surface area (Å²) in [6.45, 7) is 1.64. The number of carbonyl (C=O) groups excluding carboxylic acids is 2. The Morgan fingerprint density at radius 2 is 1.71 bits per heavy atom. The van der Waals surface area contributed by atoms with Gasteiger partial charge in [0.05, 0.1) is 28.8 Å². The summed E-state index contributed by atoms with van der Waals surface area (Å²) >= 11 is 0. The molecule has 2 amide bonds. The maximum absolute atomic E-state index is 15.4. The second kappa shape index (κ2) is 10.1. The Bertz CT molecular complexity index is 1860. The van der Waals surface area contributed by atoms with Crippen molar-refractivity contribution >= 4 is 33.9 Å². The van der Waals surface area contributed by atoms with E-state index >= 15 is 4.39 Å². The number of imide groups is 1. The van der Waals surface area contributed by atoms with Gasteiger partial charge in [-0.25, -0.2) is 4.39 Å². The summed E-state index contributed by atoms with van der Waals surface area (Å²) in [5.74, 6) is -1.49. The van der Waals surface area contributed by atoms with Crippen LogP contribution in [0.4, 0.5) is 4.39 Å². The summed E-state index contributed by atoms with van der Waals surface area (Å²) in [6.07, 6.45) is 5.86. The van der Waals surface area contributed by atoms with Crippen LogP contribution in [0.15, 0.2) is 91.4 Å². The van der Waals surface area contributed by atoms with E-state index in [1.165, 1.54) is 11.6 Å². The zero-order valence-electron chi connectivity index (χ0n) is 22.0. The topological polar surface area (TPSA) is 85.2 Å². The minimum absolute atomic E-state index is 0.00682. The molecule has 0 atom stereocenters. The Kier molecular flexibility index (Phi) is 6.17. The van der Waals surface area contributed by atoms with E-state index in [1.54, 1.807) is 18.5 Å². The van der Waals surface area contributed by atoms with Crippen LogP contribution in [-0.2, 0) is 29.1 Å². The number of benzene rings is 3. The fourth-order valence-electron chi connectivity index (χ4n) is 5.75. The minimum Gasteiger partial charge on any atom is -0.492 e. The van der Waals surface area contributed by atoms with E-state index in [2.05, 4.69) is 27.8 Å². The van der Waals surface area contributed by atoms with Crippen LogP contribution < -0.4 is 15.4 Å². The second-order valence-corrected chi connectivity index (χ2v) is 10.1. The highest BCUT2D eigenvalue weighted by atomic mass is 19.1. The monoisotopic (exact) mass is 544 g/mol. The summed E-state index contributed by atoms with van der Waals surface area (Å²) in [4.78, 5) is 30.8. The summed E-state index contributed by atoms with van der Waals surface area (Å²) in [5.41, 5.74) is 5.39. The Morgan fingerprint density at radius 1 is 0.902 bits per heavy atom. The van der Waals surface area contributed by atoms with Gasteiger partial charge in [-0.2, -0.15) is 0 Å². The maximum Gasteiger partial charge on any atom is 0.259 e. The maximum atomic E-state index is 15.4. The fraction of sp³-hybridized carbons (Fsp3) is 0.121. The van der Waals surface area contributed by atoms with Crippen LogP contribution in [0.2, 0.25) is 0 Å². The van der Waals surface area contributed by atoms with Crippen LogP contribution in [0, 0.1) is 5.82 Å². The smallest absolute Gasteiger partial charge is 0.259 e. The molecule has 0 bridgehead atoms. The van der Waals surface area contributed by atoms with Crippen molar-refractivity contribution in [3.63, 3.8) is 0 Å². The van der Waals surface area contributed by atoms with Gasteiger partial charge in [-0.05, 0) is 34.9 Å². The lowest BCUT2D eigenvalue weighted by molar-refractivity contribution is -0.122. The van der Waals surface area contributed by atoms with E-state index in [1.807, 2.05) is 59.3 Å². The number of pyridine rings is 1. The average molecular weight is 545 g/mol. The predicted molar refractivity (Wildman–Crippen MR) is 154 cm³/mol. The molecular formula is C33H25FN4O3. The molecule has 0 radical (unpaired) electrons. The number of halogens is 1. The van der Waals surface area contributed by atoms with Gasteiger partial charge in [0.2, 0.25) is 0 Å².